The molecule has 1 fully saturated rings. The zero-order valence-electron chi connectivity index (χ0n) is 6.45. The fourth-order valence-corrected chi connectivity index (χ4v) is 0.967. The van der Waals surface area contributed by atoms with Crippen LogP contribution in [-0.4, -0.2) is 36.5 Å². The maximum Gasteiger partial charge on any atom is 0.332 e. The number of carbonyl (C=O) groups is 1. The summed E-state index contributed by atoms with van der Waals surface area (Å²) in [5, 5.41) is 8.48. The molecular weight excluding hydrogens is 148 g/mol. The van der Waals surface area contributed by atoms with Gasteiger partial charge in [-0.3, -0.25) is 0 Å². The molecule has 1 rings (SSSR count). The molecule has 0 radical (unpaired) electrons. The Balaban J connectivity index is 2.23. The van der Waals surface area contributed by atoms with E-state index in [2.05, 4.69) is 0 Å². The highest BCUT2D eigenvalue weighted by molar-refractivity contribution is 5.71. The lowest BCUT2D eigenvalue weighted by Gasteiger charge is -2.12. The number of ether oxygens (including phenoxy) is 2. The predicted molar refractivity (Wildman–Crippen MR) is 37.4 cm³/mol. The minimum atomic E-state index is -0.920. The summed E-state index contributed by atoms with van der Waals surface area (Å²) < 4.78 is 10.2. The zero-order valence-corrected chi connectivity index (χ0v) is 6.45. The highest BCUT2D eigenvalue weighted by Gasteiger charge is 2.21. The van der Waals surface area contributed by atoms with Crippen molar-refractivity contribution in [3.8, 4) is 0 Å². The standard InChI is InChI=1S/C7H12O4/c1-5(7(8)9)11-6-2-3-10-4-6/h5-6H,2-4H2,1H3,(H,8,9)/t5-,6?/m0/s1. The van der Waals surface area contributed by atoms with Gasteiger partial charge in [-0.1, -0.05) is 0 Å². The number of hydrogen-bond acceptors (Lipinski definition) is 3. The molecule has 1 aliphatic rings. The Morgan fingerprint density at radius 2 is 2.55 bits per heavy atom. The number of aliphatic carboxylic acids is 1. The van der Waals surface area contributed by atoms with E-state index >= 15 is 0 Å². The van der Waals surface area contributed by atoms with Gasteiger partial charge < -0.3 is 14.6 Å². The van der Waals surface area contributed by atoms with Crippen molar-refractivity contribution in [3.05, 3.63) is 0 Å². The van der Waals surface area contributed by atoms with E-state index in [1.807, 2.05) is 0 Å². The van der Waals surface area contributed by atoms with Gasteiger partial charge in [-0.15, -0.1) is 0 Å². The lowest BCUT2D eigenvalue weighted by atomic mass is 10.3. The lowest BCUT2D eigenvalue weighted by molar-refractivity contribution is -0.152. The van der Waals surface area contributed by atoms with Crippen LogP contribution in [0.25, 0.3) is 0 Å². The molecule has 0 aliphatic carbocycles. The minimum Gasteiger partial charge on any atom is -0.479 e. The third kappa shape index (κ3) is 2.48. The van der Waals surface area contributed by atoms with Crippen molar-refractivity contribution in [2.45, 2.75) is 25.6 Å². The first-order chi connectivity index (χ1) is 5.20. The molecule has 1 N–H and O–H groups in total. The van der Waals surface area contributed by atoms with Crippen molar-refractivity contribution in [2.75, 3.05) is 13.2 Å². The van der Waals surface area contributed by atoms with Crippen molar-refractivity contribution >= 4 is 5.97 Å². The predicted octanol–water partition coefficient (Wildman–Crippen LogP) is 0.265. The van der Waals surface area contributed by atoms with Gasteiger partial charge in [0.2, 0.25) is 0 Å². The van der Waals surface area contributed by atoms with Crippen molar-refractivity contribution in [3.63, 3.8) is 0 Å². The molecule has 2 atom stereocenters. The van der Waals surface area contributed by atoms with Gasteiger partial charge in [0.1, 0.15) is 0 Å². The van der Waals surface area contributed by atoms with Gasteiger partial charge in [-0.25, -0.2) is 4.79 Å². The molecular formula is C7H12O4. The topological polar surface area (TPSA) is 55.8 Å². The number of rotatable bonds is 3. The Hall–Kier alpha value is -0.610. The Morgan fingerprint density at radius 3 is 3.00 bits per heavy atom. The Morgan fingerprint density at radius 1 is 1.82 bits per heavy atom. The summed E-state index contributed by atoms with van der Waals surface area (Å²) in [5.41, 5.74) is 0. The van der Waals surface area contributed by atoms with Crippen LogP contribution in [0.3, 0.4) is 0 Å². The number of carboxylic acid groups (broad SMARTS) is 1. The van der Waals surface area contributed by atoms with Crippen LogP contribution in [0, 0.1) is 0 Å². The maximum atomic E-state index is 10.3. The normalized spacial score (nSPS) is 26.8. The maximum absolute atomic E-state index is 10.3. The average molecular weight is 160 g/mol. The van der Waals surface area contributed by atoms with E-state index in [-0.39, 0.29) is 6.10 Å². The van der Waals surface area contributed by atoms with Gasteiger partial charge in [-0.2, -0.15) is 0 Å². The molecule has 1 saturated heterocycles. The monoisotopic (exact) mass is 160 g/mol. The molecule has 0 saturated carbocycles. The molecule has 1 aliphatic heterocycles. The van der Waals surface area contributed by atoms with Gasteiger partial charge >= 0.3 is 5.97 Å². The van der Waals surface area contributed by atoms with Crippen molar-refractivity contribution in [1.29, 1.82) is 0 Å². The third-order valence-corrected chi connectivity index (χ3v) is 1.63. The molecule has 0 aromatic heterocycles. The van der Waals surface area contributed by atoms with E-state index < -0.39 is 12.1 Å². The lowest BCUT2D eigenvalue weighted by Crippen LogP contribution is -2.26. The SMILES string of the molecule is C[C@H](OC1CCOC1)C(=O)O. The Kier molecular flexibility index (Phi) is 2.84. The second-order valence-corrected chi connectivity index (χ2v) is 2.60. The summed E-state index contributed by atoms with van der Waals surface area (Å²) >= 11 is 0. The van der Waals surface area contributed by atoms with Crippen molar-refractivity contribution in [1.82, 2.24) is 0 Å². The van der Waals surface area contributed by atoms with E-state index in [9.17, 15) is 4.79 Å². The molecule has 0 amide bonds. The van der Waals surface area contributed by atoms with E-state index in [0.717, 1.165) is 6.42 Å². The summed E-state index contributed by atoms with van der Waals surface area (Å²) in [6, 6.07) is 0. The summed E-state index contributed by atoms with van der Waals surface area (Å²) in [7, 11) is 0. The van der Waals surface area contributed by atoms with Crippen LogP contribution in [0.2, 0.25) is 0 Å². The van der Waals surface area contributed by atoms with Gasteiger partial charge in [0.05, 0.1) is 12.7 Å². The molecule has 0 aromatic carbocycles. The fraction of sp³-hybridized carbons (Fsp3) is 0.857. The molecule has 0 bridgehead atoms. The van der Waals surface area contributed by atoms with Crippen LogP contribution < -0.4 is 0 Å². The first-order valence-corrected chi connectivity index (χ1v) is 3.66. The Bertz CT molecular complexity index is 139. The summed E-state index contributed by atoms with van der Waals surface area (Å²) in [5.74, 6) is -0.920. The van der Waals surface area contributed by atoms with Gasteiger partial charge in [0, 0.05) is 6.61 Å². The van der Waals surface area contributed by atoms with Gasteiger partial charge in [0.25, 0.3) is 0 Å². The highest BCUT2D eigenvalue weighted by Crippen LogP contribution is 2.10. The minimum absolute atomic E-state index is 0.0268. The van der Waals surface area contributed by atoms with Crippen LogP contribution in [0.5, 0.6) is 0 Å². The van der Waals surface area contributed by atoms with Crippen LogP contribution in [0.4, 0.5) is 0 Å². The Labute approximate surface area is 65.1 Å². The van der Waals surface area contributed by atoms with Crippen molar-refractivity contribution in [2.24, 2.45) is 0 Å². The number of hydrogen-bond donors (Lipinski definition) is 1. The molecule has 4 heteroatoms. The molecule has 1 unspecified atom stereocenters. The van der Waals surface area contributed by atoms with Crippen LogP contribution in [-0.2, 0) is 14.3 Å². The quantitative estimate of drug-likeness (QED) is 0.643. The van der Waals surface area contributed by atoms with Gasteiger partial charge in [-0.05, 0) is 13.3 Å². The second kappa shape index (κ2) is 3.69. The van der Waals surface area contributed by atoms with E-state index in [4.69, 9.17) is 14.6 Å². The summed E-state index contributed by atoms with van der Waals surface area (Å²) in [6.07, 6.45) is 0.0558. The van der Waals surface area contributed by atoms with E-state index in [1.54, 1.807) is 0 Å². The van der Waals surface area contributed by atoms with E-state index in [1.165, 1.54) is 6.92 Å². The van der Waals surface area contributed by atoms with Crippen molar-refractivity contribution < 1.29 is 19.4 Å². The molecule has 11 heavy (non-hydrogen) atoms. The first kappa shape index (κ1) is 8.49. The fourth-order valence-electron chi connectivity index (χ4n) is 0.967. The smallest absolute Gasteiger partial charge is 0.332 e. The molecule has 0 aromatic rings. The summed E-state index contributed by atoms with van der Waals surface area (Å²) in [4.78, 5) is 10.3. The van der Waals surface area contributed by atoms with Gasteiger partial charge in [0.15, 0.2) is 6.10 Å². The average Bonchev–Trinajstić information content (AvgIpc) is 2.39. The number of carboxylic acids is 1. The highest BCUT2D eigenvalue weighted by atomic mass is 16.6. The molecule has 64 valence electrons. The van der Waals surface area contributed by atoms with E-state index in [0.29, 0.717) is 13.2 Å². The van der Waals surface area contributed by atoms with Crippen LogP contribution in [0.15, 0.2) is 0 Å². The molecule has 0 spiro atoms. The third-order valence-electron chi connectivity index (χ3n) is 1.63. The molecule has 4 nitrogen and oxygen atoms in total. The summed E-state index contributed by atoms with van der Waals surface area (Å²) in [6.45, 7) is 2.73. The molecule has 1 heterocycles. The first-order valence-electron chi connectivity index (χ1n) is 3.66. The zero-order chi connectivity index (χ0) is 8.27. The second-order valence-electron chi connectivity index (χ2n) is 2.60. The van der Waals surface area contributed by atoms with Crippen LogP contribution in [0.1, 0.15) is 13.3 Å². The van der Waals surface area contributed by atoms with Crippen LogP contribution >= 0.6 is 0 Å². The largest absolute Gasteiger partial charge is 0.479 e.